The highest BCUT2D eigenvalue weighted by Gasteiger charge is 2.21. The van der Waals surface area contributed by atoms with Gasteiger partial charge >= 0.3 is 0 Å². The number of halogens is 1. The summed E-state index contributed by atoms with van der Waals surface area (Å²) in [5.74, 6) is 1.67. The number of ether oxygens (including phenoxy) is 1. The van der Waals surface area contributed by atoms with Gasteiger partial charge in [-0.15, -0.1) is 24.0 Å². The minimum atomic E-state index is 0. The molecule has 7 nitrogen and oxygen atoms in total. The summed E-state index contributed by atoms with van der Waals surface area (Å²) in [4.78, 5) is 20.4. The lowest BCUT2D eigenvalue weighted by Gasteiger charge is -2.30. The summed E-state index contributed by atoms with van der Waals surface area (Å²) in [6.07, 6.45) is 6.22. The SMILES string of the molecule is CCC1CCC(NC(=NCC(=O)N(C)C)NCCN2CCOCC2)CC1.I. The van der Waals surface area contributed by atoms with Crippen molar-refractivity contribution in [1.29, 1.82) is 0 Å². The Morgan fingerprint density at radius 1 is 1.19 bits per heavy atom. The number of nitrogens with one attached hydrogen (secondary N) is 2. The van der Waals surface area contributed by atoms with Crippen molar-refractivity contribution >= 4 is 35.8 Å². The highest BCUT2D eigenvalue weighted by Crippen LogP contribution is 2.26. The monoisotopic (exact) mass is 495 g/mol. The molecule has 0 unspecified atom stereocenters. The Balaban J connectivity index is 0.00000364. The first-order valence-electron chi connectivity index (χ1n) is 10.1. The number of hydrogen-bond acceptors (Lipinski definition) is 4. The number of hydrogen-bond donors (Lipinski definition) is 2. The number of carbonyl (C=O) groups is 1. The first-order chi connectivity index (χ1) is 12.6. The van der Waals surface area contributed by atoms with Gasteiger partial charge in [0.2, 0.25) is 5.91 Å². The van der Waals surface area contributed by atoms with Crippen molar-refractivity contribution < 1.29 is 9.53 Å². The second kappa shape index (κ2) is 13.5. The highest BCUT2D eigenvalue weighted by molar-refractivity contribution is 14.0. The molecule has 1 heterocycles. The Kier molecular flexibility index (Phi) is 12.3. The summed E-state index contributed by atoms with van der Waals surface area (Å²) in [7, 11) is 3.53. The molecular formula is C19H38IN5O2. The van der Waals surface area contributed by atoms with Crippen LogP contribution < -0.4 is 10.6 Å². The molecule has 1 aliphatic heterocycles. The van der Waals surface area contributed by atoms with E-state index in [-0.39, 0.29) is 36.4 Å². The van der Waals surface area contributed by atoms with E-state index in [0.29, 0.717) is 6.04 Å². The van der Waals surface area contributed by atoms with Crippen molar-refractivity contribution in [3.05, 3.63) is 0 Å². The second-order valence-corrected chi connectivity index (χ2v) is 7.60. The molecule has 0 aromatic rings. The number of amides is 1. The number of carbonyl (C=O) groups excluding carboxylic acids is 1. The third-order valence-electron chi connectivity index (χ3n) is 5.46. The minimum Gasteiger partial charge on any atom is -0.379 e. The summed E-state index contributed by atoms with van der Waals surface area (Å²) in [5, 5.41) is 6.98. The first kappa shape index (κ1) is 24.4. The van der Waals surface area contributed by atoms with Crippen LogP contribution in [0.15, 0.2) is 4.99 Å². The van der Waals surface area contributed by atoms with Crippen LogP contribution in [-0.2, 0) is 9.53 Å². The summed E-state index contributed by atoms with van der Waals surface area (Å²) in [5.41, 5.74) is 0. The van der Waals surface area contributed by atoms with Crippen molar-refractivity contribution in [3.63, 3.8) is 0 Å². The molecule has 1 amide bonds. The maximum atomic E-state index is 11.9. The van der Waals surface area contributed by atoms with Gasteiger partial charge in [-0.25, -0.2) is 4.99 Å². The van der Waals surface area contributed by atoms with Crippen molar-refractivity contribution in [2.24, 2.45) is 10.9 Å². The minimum absolute atomic E-state index is 0. The highest BCUT2D eigenvalue weighted by atomic mass is 127. The smallest absolute Gasteiger partial charge is 0.243 e. The van der Waals surface area contributed by atoms with Gasteiger partial charge in [0.15, 0.2) is 5.96 Å². The van der Waals surface area contributed by atoms with Crippen LogP contribution >= 0.6 is 24.0 Å². The van der Waals surface area contributed by atoms with Crippen LogP contribution in [0.1, 0.15) is 39.0 Å². The number of nitrogens with zero attached hydrogens (tertiary/aromatic N) is 3. The van der Waals surface area contributed by atoms with Gasteiger partial charge in [-0.1, -0.05) is 13.3 Å². The number of guanidine groups is 1. The van der Waals surface area contributed by atoms with Crippen LogP contribution in [0.3, 0.4) is 0 Å². The Morgan fingerprint density at radius 3 is 2.44 bits per heavy atom. The average Bonchev–Trinajstić information content (AvgIpc) is 2.67. The van der Waals surface area contributed by atoms with E-state index in [2.05, 4.69) is 27.4 Å². The molecule has 2 aliphatic rings. The van der Waals surface area contributed by atoms with Gasteiger partial charge in [0, 0.05) is 46.3 Å². The average molecular weight is 495 g/mol. The summed E-state index contributed by atoms with van der Waals surface area (Å²) >= 11 is 0. The predicted molar refractivity (Wildman–Crippen MR) is 121 cm³/mol. The topological polar surface area (TPSA) is 69.2 Å². The molecule has 0 atom stereocenters. The van der Waals surface area contributed by atoms with Crippen molar-refractivity contribution in [1.82, 2.24) is 20.4 Å². The largest absolute Gasteiger partial charge is 0.379 e. The maximum Gasteiger partial charge on any atom is 0.243 e. The van der Waals surface area contributed by atoms with Crippen LogP contribution in [0.2, 0.25) is 0 Å². The number of morpholine rings is 1. The van der Waals surface area contributed by atoms with Gasteiger partial charge in [-0.3, -0.25) is 9.69 Å². The predicted octanol–water partition coefficient (Wildman–Crippen LogP) is 1.53. The van der Waals surface area contributed by atoms with E-state index in [1.807, 2.05) is 0 Å². The summed E-state index contributed by atoms with van der Waals surface area (Å²) < 4.78 is 5.39. The van der Waals surface area contributed by atoms with Crippen LogP contribution in [0.5, 0.6) is 0 Å². The zero-order valence-corrected chi connectivity index (χ0v) is 19.5. The molecule has 2 rings (SSSR count). The molecule has 1 saturated carbocycles. The van der Waals surface area contributed by atoms with Crippen molar-refractivity contribution in [3.8, 4) is 0 Å². The quantitative estimate of drug-likeness (QED) is 0.319. The lowest BCUT2D eigenvalue weighted by atomic mass is 9.84. The number of aliphatic imine (C=N–C) groups is 1. The van der Waals surface area contributed by atoms with E-state index in [9.17, 15) is 4.79 Å². The molecule has 8 heteroatoms. The number of rotatable bonds is 7. The maximum absolute atomic E-state index is 11.9. The molecule has 0 bridgehead atoms. The van der Waals surface area contributed by atoms with Crippen LogP contribution in [0.4, 0.5) is 0 Å². The standard InChI is InChI=1S/C19H37N5O2.HI/c1-4-16-5-7-17(8-6-16)22-19(21-15-18(25)23(2)3)20-9-10-24-11-13-26-14-12-24;/h16-17H,4-15H2,1-3H3,(H2,20,21,22);1H. The van der Waals surface area contributed by atoms with Crippen LogP contribution in [-0.4, -0.2) is 87.7 Å². The van der Waals surface area contributed by atoms with E-state index < -0.39 is 0 Å². The molecule has 158 valence electrons. The van der Waals surface area contributed by atoms with Gasteiger partial charge in [0.05, 0.1) is 13.2 Å². The molecule has 0 spiro atoms. The molecule has 0 aromatic heterocycles. The number of likely N-dealkylation sites (N-methyl/N-ethyl adjacent to an activating group) is 1. The zero-order chi connectivity index (χ0) is 18.8. The fraction of sp³-hybridized carbons (Fsp3) is 0.895. The van der Waals surface area contributed by atoms with Crippen molar-refractivity contribution in [2.45, 2.75) is 45.1 Å². The molecule has 27 heavy (non-hydrogen) atoms. The van der Waals surface area contributed by atoms with E-state index in [1.54, 1.807) is 19.0 Å². The Hall–Kier alpha value is -0.610. The molecule has 2 fully saturated rings. The third kappa shape index (κ3) is 9.43. The van der Waals surface area contributed by atoms with Gasteiger partial charge in [-0.05, 0) is 31.6 Å². The van der Waals surface area contributed by atoms with Gasteiger partial charge in [-0.2, -0.15) is 0 Å². The van der Waals surface area contributed by atoms with Crippen molar-refractivity contribution in [2.75, 3.05) is 60.0 Å². The van der Waals surface area contributed by atoms with E-state index in [0.717, 1.165) is 51.3 Å². The Bertz CT molecular complexity index is 447. The molecule has 1 saturated heterocycles. The molecule has 0 radical (unpaired) electrons. The third-order valence-corrected chi connectivity index (χ3v) is 5.46. The lowest BCUT2D eigenvalue weighted by Crippen LogP contribution is -2.48. The second-order valence-electron chi connectivity index (χ2n) is 7.60. The lowest BCUT2D eigenvalue weighted by molar-refractivity contribution is -0.127. The Morgan fingerprint density at radius 2 is 1.85 bits per heavy atom. The summed E-state index contributed by atoms with van der Waals surface area (Å²) in [6.45, 7) is 7.87. The molecule has 2 N–H and O–H groups in total. The van der Waals surface area contributed by atoms with E-state index in [1.165, 1.54) is 32.1 Å². The van der Waals surface area contributed by atoms with E-state index in [4.69, 9.17) is 4.74 Å². The first-order valence-corrected chi connectivity index (χ1v) is 10.1. The van der Waals surface area contributed by atoms with E-state index >= 15 is 0 Å². The van der Waals surface area contributed by atoms with Gasteiger partial charge in [0.1, 0.15) is 6.54 Å². The molecular weight excluding hydrogens is 457 g/mol. The Labute approximate surface area is 181 Å². The van der Waals surface area contributed by atoms with Crippen LogP contribution in [0, 0.1) is 5.92 Å². The van der Waals surface area contributed by atoms with Gasteiger partial charge in [0.25, 0.3) is 0 Å². The normalized spacial score (nSPS) is 24.0. The fourth-order valence-corrected chi connectivity index (χ4v) is 3.51. The fourth-order valence-electron chi connectivity index (χ4n) is 3.51. The van der Waals surface area contributed by atoms with Crippen LogP contribution in [0.25, 0.3) is 0 Å². The molecule has 0 aromatic carbocycles. The molecule has 1 aliphatic carbocycles. The van der Waals surface area contributed by atoms with Gasteiger partial charge < -0.3 is 20.3 Å². The summed E-state index contributed by atoms with van der Waals surface area (Å²) in [6, 6.07) is 0.460. The zero-order valence-electron chi connectivity index (χ0n) is 17.2.